The number of rotatable bonds is 1. The molecule has 0 bridgehead atoms. The maximum Gasteiger partial charge on any atom is 0.0361 e. The topological polar surface area (TPSA) is 0 Å². The molecule has 28 valence electrons. The van der Waals surface area contributed by atoms with E-state index in [0.717, 1.165) is 0 Å². The quantitative estimate of drug-likeness (QED) is 0.427. The Hall–Kier alpha value is 0.117. The lowest BCUT2D eigenvalue weighted by atomic mass is 11.3. The molecule has 0 heterocycles. The summed E-state index contributed by atoms with van der Waals surface area (Å²) in [5.74, 6) is 0. The van der Waals surface area contributed by atoms with Crippen molar-refractivity contribution in [3.05, 3.63) is 11.2 Å². The second-order valence-corrected chi connectivity index (χ2v) is 2.61. The van der Waals surface area contributed by atoms with Crippen LogP contribution in [-0.2, 0) is 0 Å². The molecular weight excluding hydrogens is 99.6 g/mol. The largest absolute Gasteiger partial charge is 0.116 e. The molecular formula is C3H5ClSi. The average molecular weight is 105 g/mol. The summed E-state index contributed by atoms with van der Waals surface area (Å²) in [5.41, 5.74) is 0. The van der Waals surface area contributed by atoms with Crippen LogP contribution >= 0.6 is 11.6 Å². The van der Waals surface area contributed by atoms with E-state index >= 15 is 0 Å². The first kappa shape index (κ1) is 5.12. The van der Waals surface area contributed by atoms with E-state index in [9.17, 15) is 0 Å². The van der Waals surface area contributed by atoms with Crippen LogP contribution in [0.3, 0.4) is 0 Å². The van der Waals surface area contributed by atoms with E-state index in [-0.39, 0.29) is 9.13 Å². The lowest BCUT2D eigenvalue weighted by molar-refractivity contribution is 2.44. The molecule has 0 rings (SSSR count). The Balaban J connectivity index is 3.20. The molecule has 5 heavy (non-hydrogen) atoms. The lowest BCUT2D eigenvalue weighted by Crippen LogP contribution is -1.65. The van der Waals surface area contributed by atoms with E-state index in [0.29, 0.717) is 4.66 Å². The fourth-order valence-electron chi connectivity index (χ4n) is 0. The van der Waals surface area contributed by atoms with Crippen molar-refractivity contribution in [2.45, 2.75) is 0 Å². The van der Waals surface area contributed by atoms with Crippen molar-refractivity contribution in [3.8, 4) is 0 Å². The number of hydrogen-bond donors (Lipinski definition) is 0. The van der Waals surface area contributed by atoms with Crippen molar-refractivity contribution in [3.63, 3.8) is 0 Å². The zero-order chi connectivity index (χ0) is 4.28. The van der Waals surface area contributed by atoms with Crippen molar-refractivity contribution in [1.82, 2.24) is 0 Å². The first-order chi connectivity index (χ1) is 2.27. The summed E-state index contributed by atoms with van der Waals surface area (Å²) >= 11 is 5.24. The van der Waals surface area contributed by atoms with Crippen LogP contribution in [0.1, 0.15) is 0 Å². The standard InChI is InChI=1S/C3H5ClSi/c1-3(4)5-2/h5H,1-2H2. The summed E-state index contributed by atoms with van der Waals surface area (Å²) in [7, 11) is 0.0525. The smallest absolute Gasteiger partial charge is 0.0361 e. The van der Waals surface area contributed by atoms with Crippen LogP contribution in [0.15, 0.2) is 11.2 Å². The van der Waals surface area contributed by atoms with Gasteiger partial charge in [-0.05, 0) is 0 Å². The van der Waals surface area contributed by atoms with E-state index in [1.165, 1.54) is 0 Å². The van der Waals surface area contributed by atoms with Gasteiger partial charge in [-0.2, -0.15) is 0 Å². The summed E-state index contributed by atoms with van der Waals surface area (Å²) in [6, 6.07) is 0. The van der Waals surface area contributed by atoms with Gasteiger partial charge >= 0.3 is 0 Å². The predicted octanol–water partition coefficient (Wildman–Crippen LogP) is 0.565. The molecule has 0 aliphatic rings. The number of halogens is 1. The van der Waals surface area contributed by atoms with Crippen LogP contribution in [-0.4, -0.2) is 15.3 Å². The Kier molecular flexibility index (Phi) is 2.41. The van der Waals surface area contributed by atoms with E-state index in [1.54, 1.807) is 0 Å². The lowest BCUT2D eigenvalue weighted by Gasteiger charge is -1.67. The summed E-state index contributed by atoms with van der Waals surface area (Å²) in [4.78, 5) is 0. The van der Waals surface area contributed by atoms with Crippen LogP contribution < -0.4 is 0 Å². The molecule has 0 fully saturated rings. The molecule has 0 radical (unpaired) electrons. The first-order valence-corrected chi connectivity index (χ1v) is 3.01. The van der Waals surface area contributed by atoms with Gasteiger partial charge in [-0.15, -0.1) is 6.17 Å². The van der Waals surface area contributed by atoms with Crippen molar-refractivity contribution in [2.75, 3.05) is 0 Å². The van der Waals surface area contributed by atoms with Crippen molar-refractivity contribution >= 4 is 26.9 Å². The fourth-order valence-corrected chi connectivity index (χ4v) is 0. The Morgan fingerprint density at radius 2 is 2.00 bits per heavy atom. The van der Waals surface area contributed by atoms with Crippen LogP contribution in [0.2, 0.25) is 0 Å². The minimum atomic E-state index is 0.0525. The molecule has 0 spiro atoms. The molecule has 0 amide bonds. The molecule has 0 nitrogen and oxygen atoms in total. The molecule has 0 aliphatic heterocycles. The molecule has 0 aromatic carbocycles. The van der Waals surface area contributed by atoms with Gasteiger partial charge in [-0.1, -0.05) is 18.2 Å². The monoisotopic (exact) mass is 104 g/mol. The Labute approximate surface area is 38.9 Å². The van der Waals surface area contributed by atoms with Crippen LogP contribution in [0.25, 0.3) is 0 Å². The highest BCUT2D eigenvalue weighted by atomic mass is 35.5. The second kappa shape index (κ2) is 2.36. The van der Waals surface area contributed by atoms with Gasteiger partial charge < -0.3 is 0 Å². The fraction of sp³-hybridized carbons (Fsp3) is 0. The van der Waals surface area contributed by atoms with Gasteiger partial charge in [-0.3, -0.25) is 0 Å². The van der Waals surface area contributed by atoms with Crippen molar-refractivity contribution in [1.29, 1.82) is 0 Å². The second-order valence-electron chi connectivity index (χ2n) is 0.651. The molecule has 0 saturated carbocycles. The predicted molar refractivity (Wildman–Crippen MR) is 29.3 cm³/mol. The highest BCUT2D eigenvalue weighted by Crippen LogP contribution is 1.83. The Morgan fingerprint density at radius 3 is 2.00 bits per heavy atom. The van der Waals surface area contributed by atoms with Crippen molar-refractivity contribution < 1.29 is 0 Å². The zero-order valence-electron chi connectivity index (χ0n) is 2.87. The molecule has 0 aromatic rings. The van der Waals surface area contributed by atoms with E-state index < -0.39 is 0 Å². The van der Waals surface area contributed by atoms with Gasteiger partial charge in [-0.25, -0.2) is 0 Å². The molecule has 0 unspecified atom stereocenters. The van der Waals surface area contributed by atoms with Gasteiger partial charge in [0.2, 0.25) is 0 Å². The summed E-state index contributed by atoms with van der Waals surface area (Å²) in [6.07, 6.45) is 3.54. The molecule has 2 heteroatoms. The normalized spacial score (nSPS) is 6.60. The number of hydrogen-bond acceptors (Lipinski definition) is 0. The van der Waals surface area contributed by atoms with Crippen LogP contribution in [0.5, 0.6) is 0 Å². The molecule has 0 atom stereocenters. The summed E-state index contributed by atoms with van der Waals surface area (Å²) < 4.78 is 0.699. The van der Waals surface area contributed by atoms with E-state index in [2.05, 4.69) is 12.8 Å². The van der Waals surface area contributed by atoms with Crippen LogP contribution in [0.4, 0.5) is 0 Å². The average Bonchev–Trinajstić information content (AvgIpc) is 1.38. The third kappa shape index (κ3) is 4.12. The third-order valence-electron chi connectivity index (χ3n) is 0.221. The third-order valence-corrected chi connectivity index (χ3v) is 1.13. The summed E-state index contributed by atoms with van der Waals surface area (Å²) in [6.45, 7) is 3.41. The molecule has 0 N–H and O–H groups in total. The van der Waals surface area contributed by atoms with Gasteiger partial charge in [0, 0.05) is 13.8 Å². The van der Waals surface area contributed by atoms with E-state index in [1.807, 2.05) is 0 Å². The highest BCUT2D eigenvalue weighted by molar-refractivity contribution is 6.65. The maximum atomic E-state index is 5.24. The molecule has 0 aliphatic carbocycles. The highest BCUT2D eigenvalue weighted by Gasteiger charge is 1.64. The van der Waals surface area contributed by atoms with Gasteiger partial charge in [0.15, 0.2) is 0 Å². The Morgan fingerprint density at radius 1 is 1.80 bits per heavy atom. The SMILES string of the molecule is C=[SiH]C(=C)Cl. The maximum absolute atomic E-state index is 5.24. The van der Waals surface area contributed by atoms with Crippen LogP contribution in [0, 0.1) is 0 Å². The van der Waals surface area contributed by atoms with Gasteiger partial charge in [0.1, 0.15) is 0 Å². The van der Waals surface area contributed by atoms with Crippen molar-refractivity contribution in [2.24, 2.45) is 0 Å². The molecule has 0 aromatic heterocycles. The zero-order valence-corrected chi connectivity index (χ0v) is 4.78. The first-order valence-electron chi connectivity index (χ1n) is 1.24. The molecule has 0 saturated heterocycles. The van der Waals surface area contributed by atoms with Gasteiger partial charge in [0.25, 0.3) is 0 Å². The minimum absolute atomic E-state index is 0.0525. The van der Waals surface area contributed by atoms with Gasteiger partial charge in [0.05, 0.1) is 0 Å². The minimum Gasteiger partial charge on any atom is -0.116 e. The Bertz CT molecular complexity index is 57.9. The van der Waals surface area contributed by atoms with E-state index in [4.69, 9.17) is 11.6 Å². The summed E-state index contributed by atoms with van der Waals surface area (Å²) in [5, 5.41) is 0.